The van der Waals surface area contributed by atoms with Gasteiger partial charge in [-0.3, -0.25) is 0 Å². The molecule has 0 amide bonds. The van der Waals surface area contributed by atoms with Crippen LogP contribution >= 0.6 is 0 Å². The van der Waals surface area contributed by atoms with E-state index in [2.05, 4.69) is 229 Å². The molecule has 1 aliphatic heterocycles. The van der Waals surface area contributed by atoms with Crippen LogP contribution < -0.4 is 9.64 Å². The number of fused-ring (bicyclic) bond motifs is 13. The minimum Gasteiger partial charge on any atom is -0.455 e. The summed E-state index contributed by atoms with van der Waals surface area (Å²) in [6.45, 7) is 0. The maximum Gasteiger partial charge on any atom is 0.140 e. The number of nitrogens with zero attached hydrogens (tertiary/aromatic N) is 1. The zero-order valence-corrected chi connectivity index (χ0v) is 32.2. The van der Waals surface area contributed by atoms with Gasteiger partial charge in [-0.2, -0.15) is 0 Å². The van der Waals surface area contributed by atoms with Gasteiger partial charge in [0.15, 0.2) is 0 Å². The van der Waals surface area contributed by atoms with E-state index in [0.29, 0.717) is 0 Å². The summed E-state index contributed by atoms with van der Waals surface area (Å²) in [5, 5.41) is 4.55. The highest BCUT2D eigenvalue weighted by Gasteiger charge is 2.52. The fourth-order valence-electron chi connectivity index (χ4n) is 9.89. The number of rotatable bonds is 5. The normalized spacial score (nSPS) is 13.0. The van der Waals surface area contributed by atoms with Crippen molar-refractivity contribution in [2.45, 2.75) is 5.41 Å². The smallest absolute Gasteiger partial charge is 0.140 e. The third-order valence-electron chi connectivity index (χ3n) is 12.5. The zero-order valence-electron chi connectivity index (χ0n) is 32.2. The summed E-state index contributed by atoms with van der Waals surface area (Å²) in [6, 6.07) is 81.7. The van der Waals surface area contributed by atoms with Crippen molar-refractivity contribution in [2.24, 2.45) is 0 Å². The topological polar surface area (TPSA) is 12.5 Å². The van der Waals surface area contributed by atoms with Crippen LogP contribution in [0.1, 0.15) is 22.3 Å². The quantitative estimate of drug-likeness (QED) is 0.174. The highest BCUT2D eigenvalue weighted by molar-refractivity contribution is 6.00. The first kappa shape index (κ1) is 33.5. The van der Waals surface area contributed by atoms with Gasteiger partial charge in [0.05, 0.1) is 5.41 Å². The lowest BCUT2D eigenvalue weighted by Crippen LogP contribution is -2.32. The van der Waals surface area contributed by atoms with Gasteiger partial charge in [0.2, 0.25) is 0 Å². The van der Waals surface area contributed by atoms with Crippen molar-refractivity contribution in [3.05, 3.63) is 247 Å². The SMILES string of the molecule is c1ccc(-c2cc(-c3ccccc3)cc(N(c3ccccc3)c3ccc4c(c3)C3(c5ccccc5-4)c4ccc5ccccc5c4Oc4c3ccc3ccccc43)c2)cc1. The molecule has 0 fully saturated rings. The van der Waals surface area contributed by atoms with Crippen LogP contribution in [0.25, 0.3) is 54.9 Å². The number of anilines is 3. The van der Waals surface area contributed by atoms with Crippen LogP contribution in [0.2, 0.25) is 0 Å². The van der Waals surface area contributed by atoms with Crippen LogP contribution in [0.4, 0.5) is 17.1 Å². The van der Waals surface area contributed by atoms with Gasteiger partial charge in [-0.05, 0) is 97.7 Å². The Bertz CT molecular complexity index is 3100. The van der Waals surface area contributed by atoms with E-state index in [1.165, 1.54) is 44.5 Å². The van der Waals surface area contributed by atoms with E-state index in [0.717, 1.165) is 61.2 Å². The van der Waals surface area contributed by atoms with Gasteiger partial charge in [0.25, 0.3) is 0 Å². The summed E-state index contributed by atoms with van der Waals surface area (Å²) in [4.78, 5) is 2.43. The van der Waals surface area contributed by atoms with E-state index in [-0.39, 0.29) is 0 Å². The number of hydrogen-bond donors (Lipinski definition) is 0. The molecule has 0 bridgehead atoms. The maximum absolute atomic E-state index is 7.24. The van der Waals surface area contributed by atoms with Crippen LogP contribution in [0.15, 0.2) is 224 Å². The Hall–Kier alpha value is -7.68. The summed E-state index contributed by atoms with van der Waals surface area (Å²) in [7, 11) is 0. The molecule has 2 heteroatoms. The van der Waals surface area contributed by atoms with Crippen LogP contribution in [0.3, 0.4) is 0 Å². The number of para-hydroxylation sites is 1. The molecule has 0 unspecified atom stereocenters. The van der Waals surface area contributed by atoms with E-state index in [9.17, 15) is 0 Å². The molecule has 0 atom stereocenters. The zero-order chi connectivity index (χ0) is 38.9. The van der Waals surface area contributed by atoms with E-state index < -0.39 is 5.41 Å². The lowest BCUT2D eigenvalue weighted by molar-refractivity contribution is 0.447. The largest absolute Gasteiger partial charge is 0.455 e. The third-order valence-corrected chi connectivity index (χ3v) is 12.5. The molecule has 0 N–H and O–H groups in total. The average molecular weight is 752 g/mol. The molecule has 0 saturated heterocycles. The lowest BCUT2D eigenvalue weighted by Gasteiger charge is -2.40. The molecule has 10 aromatic rings. The van der Waals surface area contributed by atoms with E-state index in [1.54, 1.807) is 0 Å². The second-order valence-corrected chi connectivity index (χ2v) is 15.6. The fourth-order valence-corrected chi connectivity index (χ4v) is 9.89. The number of benzene rings is 10. The second-order valence-electron chi connectivity index (χ2n) is 15.6. The minimum atomic E-state index is -0.650. The standard InChI is InChI=1S/C57H37NO/c1-4-16-38(17-5-1)42-34-43(39-18-6-2-7-19-39)36-46(35-42)58(44-22-8-3-9-23-44)45-30-31-50-49-26-14-15-27-51(49)57(54(50)37-45)52-32-28-40-20-10-12-24-47(40)55(52)59-56-48-25-13-11-21-41(48)29-33-53(56)57/h1-37H. The number of hydrogen-bond acceptors (Lipinski definition) is 2. The van der Waals surface area contributed by atoms with Crippen molar-refractivity contribution in [1.82, 2.24) is 0 Å². The molecule has 1 spiro atoms. The Morgan fingerprint density at radius 3 is 1.42 bits per heavy atom. The van der Waals surface area contributed by atoms with Crippen LogP contribution in [0.5, 0.6) is 11.5 Å². The molecule has 2 aliphatic rings. The van der Waals surface area contributed by atoms with Crippen molar-refractivity contribution in [3.63, 3.8) is 0 Å². The summed E-state index contributed by atoms with van der Waals surface area (Å²) in [5.74, 6) is 1.84. The van der Waals surface area contributed by atoms with E-state index >= 15 is 0 Å². The highest BCUT2D eigenvalue weighted by atomic mass is 16.5. The van der Waals surface area contributed by atoms with Crippen LogP contribution in [-0.4, -0.2) is 0 Å². The van der Waals surface area contributed by atoms with Crippen LogP contribution in [0, 0.1) is 0 Å². The molecule has 0 radical (unpaired) electrons. The molecular weight excluding hydrogens is 715 g/mol. The predicted octanol–water partition coefficient (Wildman–Crippen LogP) is 15.3. The Morgan fingerprint density at radius 2 is 0.814 bits per heavy atom. The minimum absolute atomic E-state index is 0.650. The Kier molecular flexibility index (Phi) is 7.48. The van der Waals surface area contributed by atoms with Gasteiger partial charge in [-0.25, -0.2) is 0 Å². The molecule has 1 aliphatic carbocycles. The van der Waals surface area contributed by atoms with E-state index in [1.807, 2.05) is 0 Å². The molecule has 12 rings (SSSR count). The van der Waals surface area contributed by atoms with Gasteiger partial charge in [0, 0.05) is 39.0 Å². The average Bonchev–Trinajstić information content (AvgIpc) is 3.59. The van der Waals surface area contributed by atoms with Crippen molar-refractivity contribution >= 4 is 38.6 Å². The van der Waals surface area contributed by atoms with Crippen molar-refractivity contribution in [2.75, 3.05) is 4.90 Å². The fraction of sp³-hybridized carbons (Fsp3) is 0.0175. The van der Waals surface area contributed by atoms with Crippen molar-refractivity contribution < 1.29 is 4.74 Å². The molecule has 0 aromatic heterocycles. The summed E-state index contributed by atoms with van der Waals surface area (Å²) in [6.07, 6.45) is 0. The maximum atomic E-state index is 7.24. The predicted molar refractivity (Wildman–Crippen MR) is 244 cm³/mol. The second kappa shape index (κ2) is 13.2. The summed E-state index contributed by atoms with van der Waals surface area (Å²) >= 11 is 0. The highest BCUT2D eigenvalue weighted by Crippen LogP contribution is 2.64. The van der Waals surface area contributed by atoms with Gasteiger partial charge in [0.1, 0.15) is 11.5 Å². The molecular formula is C57H37NO. The van der Waals surface area contributed by atoms with Gasteiger partial charge >= 0.3 is 0 Å². The van der Waals surface area contributed by atoms with Crippen molar-refractivity contribution in [1.29, 1.82) is 0 Å². The molecule has 276 valence electrons. The Balaban J connectivity index is 1.17. The van der Waals surface area contributed by atoms with Gasteiger partial charge < -0.3 is 9.64 Å². The third kappa shape index (κ3) is 5.06. The Labute approximate surface area is 343 Å². The summed E-state index contributed by atoms with van der Waals surface area (Å²) < 4.78 is 7.24. The molecule has 0 saturated carbocycles. The van der Waals surface area contributed by atoms with E-state index in [4.69, 9.17) is 4.74 Å². The number of ether oxygens (including phenoxy) is 1. The first-order valence-corrected chi connectivity index (χ1v) is 20.3. The van der Waals surface area contributed by atoms with Gasteiger partial charge in [-0.15, -0.1) is 0 Å². The van der Waals surface area contributed by atoms with Crippen LogP contribution in [-0.2, 0) is 5.41 Å². The first-order chi connectivity index (χ1) is 29.3. The molecule has 10 aromatic carbocycles. The Morgan fingerprint density at radius 1 is 0.305 bits per heavy atom. The van der Waals surface area contributed by atoms with Crippen molar-refractivity contribution in [3.8, 4) is 44.9 Å². The molecule has 59 heavy (non-hydrogen) atoms. The van der Waals surface area contributed by atoms with Gasteiger partial charge in [-0.1, -0.05) is 182 Å². The molecule has 1 heterocycles. The monoisotopic (exact) mass is 751 g/mol. The first-order valence-electron chi connectivity index (χ1n) is 20.3. The molecule has 2 nitrogen and oxygen atoms in total. The lowest BCUT2D eigenvalue weighted by atomic mass is 9.65. The summed E-state index contributed by atoms with van der Waals surface area (Å²) in [5.41, 5.74) is 14.6.